The van der Waals surface area contributed by atoms with E-state index >= 15 is 0 Å². The van der Waals surface area contributed by atoms with E-state index in [2.05, 4.69) is 20.4 Å². The van der Waals surface area contributed by atoms with Gasteiger partial charge in [0.1, 0.15) is 6.33 Å². The van der Waals surface area contributed by atoms with Crippen molar-refractivity contribution in [2.24, 2.45) is 0 Å². The lowest BCUT2D eigenvalue weighted by Crippen LogP contribution is -2.26. The van der Waals surface area contributed by atoms with Crippen molar-refractivity contribution in [1.29, 1.82) is 0 Å². The van der Waals surface area contributed by atoms with Gasteiger partial charge in [-0.15, -0.1) is 0 Å². The minimum atomic E-state index is -0.00406. The summed E-state index contributed by atoms with van der Waals surface area (Å²) in [5, 5.41) is 8.29. The fraction of sp³-hybridized carbons (Fsp3) is 0.333. The molecule has 0 aliphatic rings. The Bertz CT molecular complexity index is 934. The highest BCUT2D eigenvalue weighted by Gasteiger charge is 2.12. The number of fused-ring (bicyclic) bond motifs is 1. The van der Waals surface area contributed by atoms with Crippen molar-refractivity contribution in [3.05, 3.63) is 57.1 Å². The molecule has 0 aliphatic heterocycles. The first kappa shape index (κ1) is 18.6. The molecule has 0 aliphatic carbocycles. The number of rotatable bonds is 6. The highest BCUT2D eigenvalue weighted by Crippen LogP contribution is 2.19. The van der Waals surface area contributed by atoms with Gasteiger partial charge in [0.15, 0.2) is 0 Å². The van der Waals surface area contributed by atoms with E-state index in [0.717, 1.165) is 22.5 Å². The van der Waals surface area contributed by atoms with Crippen LogP contribution in [0.5, 0.6) is 0 Å². The maximum absolute atomic E-state index is 12.2. The molecule has 3 rings (SSSR count). The van der Waals surface area contributed by atoms with E-state index in [1.165, 1.54) is 6.33 Å². The van der Waals surface area contributed by atoms with Crippen molar-refractivity contribution in [3.63, 3.8) is 0 Å². The summed E-state index contributed by atoms with van der Waals surface area (Å²) in [6.07, 6.45) is 3.15. The number of halogens is 2. The molecule has 136 valence electrons. The van der Waals surface area contributed by atoms with Crippen LogP contribution < -0.4 is 5.32 Å². The average Bonchev–Trinajstić information content (AvgIpc) is 3.02. The molecule has 1 N–H and O–H groups in total. The first-order chi connectivity index (χ1) is 12.4. The van der Waals surface area contributed by atoms with Crippen LogP contribution in [0, 0.1) is 13.8 Å². The van der Waals surface area contributed by atoms with Crippen molar-refractivity contribution >= 4 is 34.9 Å². The fourth-order valence-corrected chi connectivity index (χ4v) is 3.52. The van der Waals surface area contributed by atoms with Gasteiger partial charge in [-0.2, -0.15) is 10.1 Å². The Morgan fingerprint density at radius 1 is 1.15 bits per heavy atom. The Labute approximate surface area is 161 Å². The summed E-state index contributed by atoms with van der Waals surface area (Å²) in [7, 11) is 0. The van der Waals surface area contributed by atoms with E-state index in [4.69, 9.17) is 23.2 Å². The van der Waals surface area contributed by atoms with Crippen LogP contribution in [0.2, 0.25) is 10.0 Å². The smallest absolute Gasteiger partial charge is 0.252 e. The molecule has 6 nitrogen and oxygen atoms in total. The number of hydrogen-bond acceptors (Lipinski definition) is 4. The number of nitrogens with zero attached hydrogens (tertiary/aromatic N) is 4. The van der Waals surface area contributed by atoms with Crippen LogP contribution in [0.15, 0.2) is 24.5 Å². The normalized spacial score (nSPS) is 11.1. The summed E-state index contributed by atoms with van der Waals surface area (Å²) in [4.78, 5) is 20.7. The molecule has 0 radical (unpaired) electrons. The first-order valence-corrected chi connectivity index (χ1v) is 9.07. The van der Waals surface area contributed by atoms with Crippen molar-refractivity contribution in [3.8, 4) is 0 Å². The highest BCUT2D eigenvalue weighted by atomic mass is 35.5. The summed E-state index contributed by atoms with van der Waals surface area (Å²) in [6.45, 7) is 4.43. The zero-order chi connectivity index (χ0) is 18.7. The maximum atomic E-state index is 12.2. The number of hydrogen-bond donors (Lipinski definition) is 1. The van der Waals surface area contributed by atoms with Gasteiger partial charge in [-0.25, -0.2) is 9.50 Å². The number of carbonyl (C=O) groups is 1. The molecular weight excluding hydrogens is 373 g/mol. The van der Waals surface area contributed by atoms with Crippen molar-refractivity contribution in [1.82, 2.24) is 24.9 Å². The van der Waals surface area contributed by atoms with Crippen LogP contribution in [0.1, 0.15) is 28.9 Å². The molecule has 0 fully saturated rings. The minimum Gasteiger partial charge on any atom is -0.356 e. The Morgan fingerprint density at radius 3 is 2.62 bits per heavy atom. The predicted molar refractivity (Wildman–Crippen MR) is 102 cm³/mol. The van der Waals surface area contributed by atoms with Gasteiger partial charge in [0.05, 0.1) is 0 Å². The number of benzene rings is 1. The molecule has 0 atom stereocenters. The molecule has 2 aromatic heterocycles. The van der Waals surface area contributed by atoms with E-state index in [0.29, 0.717) is 41.6 Å². The second kappa shape index (κ2) is 8.01. The van der Waals surface area contributed by atoms with Gasteiger partial charge >= 0.3 is 0 Å². The number of nitrogens with one attached hydrogen (secondary N) is 1. The maximum Gasteiger partial charge on any atom is 0.252 e. The zero-order valence-corrected chi connectivity index (χ0v) is 16.1. The third kappa shape index (κ3) is 4.31. The third-order valence-corrected chi connectivity index (χ3v) is 4.69. The Hall–Kier alpha value is -2.18. The molecule has 8 heteroatoms. The standard InChI is InChI=1S/C18H19Cl2N5O/c1-11-16(12(2)25-18(24-11)22-10-23-25)3-4-17(26)21-6-5-13-7-14(19)9-15(20)8-13/h7-10H,3-6H2,1-2H3,(H,21,26). The number of aryl methyl sites for hydroxylation is 2. The van der Waals surface area contributed by atoms with Gasteiger partial charge in [-0.1, -0.05) is 23.2 Å². The second-order valence-electron chi connectivity index (χ2n) is 6.11. The number of aromatic nitrogens is 4. The highest BCUT2D eigenvalue weighted by molar-refractivity contribution is 6.34. The lowest BCUT2D eigenvalue weighted by Gasteiger charge is -2.10. The molecule has 0 saturated carbocycles. The number of amides is 1. The molecule has 0 bridgehead atoms. The molecular formula is C18H19Cl2N5O. The molecule has 0 unspecified atom stereocenters. The zero-order valence-electron chi connectivity index (χ0n) is 14.6. The summed E-state index contributed by atoms with van der Waals surface area (Å²) in [5.74, 6) is 0.573. The van der Waals surface area contributed by atoms with E-state index < -0.39 is 0 Å². The average molecular weight is 392 g/mol. The van der Waals surface area contributed by atoms with E-state index in [-0.39, 0.29) is 5.91 Å². The largest absolute Gasteiger partial charge is 0.356 e. The molecule has 0 spiro atoms. The van der Waals surface area contributed by atoms with E-state index in [9.17, 15) is 4.79 Å². The Kier molecular flexibility index (Phi) is 5.74. The van der Waals surface area contributed by atoms with E-state index in [1.54, 1.807) is 10.6 Å². The monoisotopic (exact) mass is 391 g/mol. The lowest BCUT2D eigenvalue weighted by molar-refractivity contribution is -0.121. The third-order valence-electron chi connectivity index (χ3n) is 4.25. The minimum absolute atomic E-state index is 0.00406. The quantitative estimate of drug-likeness (QED) is 0.699. The molecule has 26 heavy (non-hydrogen) atoms. The van der Waals surface area contributed by atoms with Gasteiger partial charge in [0.2, 0.25) is 5.91 Å². The second-order valence-corrected chi connectivity index (χ2v) is 6.98. The Balaban J connectivity index is 1.54. The van der Waals surface area contributed by atoms with E-state index in [1.807, 2.05) is 26.0 Å². The van der Waals surface area contributed by atoms with Gasteiger partial charge < -0.3 is 5.32 Å². The van der Waals surface area contributed by atoms with Gasteiger partial charge in [-0.3, -0.25) is 4.79 Å². The SMILES string of the molecule is Cc1nc2ncnn2c(C)c1CCC(=O)NCCc1cc(Cl)cc(Cl)c1. The van der Waals surface area contributed by atoms with Crippen molar-refractivity contribution < 1.29 is 4.79 Å². The topological polar surface area (TPSA) is 72.2 Å². The summed E-state index contributed by atoms with van der Waals surface area (Å²) < 4.78 is 1.70. The van der Waals surface area contributed by atoms with Crippen LogP contribution in [0.3, 0.4) is 0 Å². The van der Waals surface area contributed by atoms with Crippen LogP contribution in [0.4, 0.5) is 0 Å². The summed E-state index contributed by atoms with van der Waals surface area (Å²) in [5.41, 5.74) is 3.87. The summed E-state index contributed by atoms with van der Waals surface area (Å²) in [6, 6.07) is 5.40. The van der Waals surface area contributed by atoms with Crippen LogP contribution in [-0.4, -0.2) is 32.0 Å². The molecule has 0 saturated heterocycles. The molecule has 3 aromatic rings. The fourth-order valence-electron chi connectivity index (χ4n) is 2.95. The van der Waals surface area contributed by atoms with Crippen LogP contribution >= 0.6 is 23.2 Å². The number of carbonyl (C=O) groups excluding carboxylic acids is 1. The van der Waals surface area contributed by atoms with Gasteiger partial charge in [0, 0.05) is 34.4 Å². The van der Waals surface area contributed by atoms with Gasteiger partial charge in [0.25, 0.3) is 5.78 Å². The lowest BCUT2D eigenvalue weighted by atomic mass is 10.1. The first-order valence-electron chi connectivity index (χ1n) is 8.31. The van der Waals surface area contributed by atoms with Gasteiger partial charge in [-0.05, 0) is 56.0 Å². The van der Waals surface area contributed by atoms with Crippen LogP contribution in [-0.2, 0) is 17.6 Å². The predicted octanol–water partition coefficient (Wildman–Crippen LogP) is 3.34. The van der Waals surface area contributed by atoms with Crippen molar-refractivity contribution in [2.45, 2.75) is 33.1 Å². The van der Waals surface area contributed by atoms with Crippen LogP contribution in [0.25, 0.3) is 5.78 Å². The molecule has 1 aromatic carbocycles. The van der Waals surface area contributed by atoms with Crippen molar-refractivity contribution in [2.75, 3.05) is 6.54 Å². The molecule has 2 heterocycles. The Morgan fingerprint density at radius 2 is 1.88 bits per heavy atom. The molecule has 1 amide bonds. The summed E-state index contributed by atoms with van der Waals surface area (Å²) >= 11 is 12.0.